The SMILES string of the molecule is C[C@H](N)c1nc2cccc(Cl)c2c(=O)n1-c1cccnc1.C[C@H](Nc1nc(N)nc2nc[nH]c(=O)c12)c1nc2cccc(Cl)c2c(=O)n1-c1cccnc1.Cc1nc(Cl)c2c(=O)[nH]cnc2n1.Cc1nc(N[C@@H](C)c2nc3cccc(Cl)c3c(=O)n2-c2cccnc2)c2c(=O)[nH]cnc2n1.N.O. The third kappa shape index (κ3) is 14.7. The monoisotopic (exact) mass is 1450 g/mol. The second-order valence-electron chi connectivity index (χ2n) is 21.8. The number of hydrogen-bond donors (Lipinski definition) is 8. The Bertz CT molecular complexity index is 5810. The minimum absolute atomic E-state index is 0. The molecule has 516 valence electrons. The van der Waals surface area contributed by atoms with Gasteiger partial charge in [0.2, 0.25) is 5.95 Å². The van der Waals surface area contributed by atoms with Crippen LogP contribution in [0.15, 0.2) is 176 Å². The number of hydrogen-bond acceptors (Lipinski definition) is 26. The molecule has 0 bridgehead atoms. The number of nitrogens with one attached hydrogen (secondary N) is 5. The van der Waals surface area contributed by atoms with E-state index in [0.29, 0.717) is 94.2 Å². The van der Waals surface area contributed by atoms with Gasteiger partial charge in [0.25, 0.3) is 33.4 Å². The Morgan fingerprint density at radius 2 is 0.784 bits per heavy atom. The van der Waals surface area contributed by atoms with E-state index in [4.69, 9.17) is 67.8 Å². The molecule has 15 rings (SSSR count). The van der Waals surface area contributed by atoms with Crippen LogP contribution in [0.5, 0.6) is 0 Å². The number of nitrogens with zero attached hydrogens (tertiary/aromatic N) is 18. The van der Waals surface area contributed by atoms with Crippen LogP contribution in [0.2, 0.25) is 20.2 Å². The van der Waals surface area contributed by atoms with Crippen LogP contribution in [0, 0.1) is 13.8 Å². The zero-order valence-corrected chi connectivity index (χ0v) is 57.0. The largest absolute Gasteiger partial charge is 0.412 e. The van der Waals surface area contributed by atoms with Crippen molar-refractivity contribution in [1.82, 2.24) is 110 Å². The van der Waals surface area contributed by atoms with E-state index in [-0.39, 0.29) is 95.0 Å². The first-order valence-corrected chi connectivity index (χ1v) is 31.4. The smallest absolute Gasteiger partial charge is 0.267 e. The highest BCUT2D eigenvalue weighted by Gasteiger charge is 2.25. The molecule has 0 amide bonds. The van der Waals surface area contributed by atoms with Crippen LogP contribution in [0.25, 0.3) is 82.9 Å². The molecule has 14 N–H and O–H groups in total. The molecule has 0 spiro atoms. The predicted octanol–water partition coefficient (Wildman–Crippen LogP) is 7.62. The normalized spacial score (nSPS) is 11.8. The van der Waals surface area contributed by atoms with Gasteiger partial charge in [-0.2, -0.15) is 9.97 Å². The van der Waals surface area contributed by atoms with E-state index in [1.807, 2.05) is 6.92 Å². The molecule has 12 heterocycles. The highest BCUT2D eigenvalue weighted by atomic mass is 35.5. The van der Waals surface area contributed by atoms with E-state index in [9.17, 15) is 28.8 Å². The molecular formula is C65H56Cl4N26O7. The van der Waals surface area contributed by atoms with E-state index in [1.165, 1.54) is 32.7 Å². The topological polar surface area (TPSA) is 501 Å². The summed E-state index contributed by atoms with van der Waals surface area (Å²) < 4.78 is 4.34. The Morgan fingerprint density at radius 1 is 0.431 bits per heavy atom. The quantitative estimate of drug-likeness (QED) is 0.0610. The van der Waals surface area contributed by atoms with Crippen molar-refractivity contribution in [3.63, 3.8) is 0 Å². The first-order valence-electron chi connectivity index (χ1n) is 29.9. The number of halogens is 4. The van der Waals surface area contributed by atoms with Gasteiger partial charge in [0.05, 0.1) is 121 Å². The lowest BCUT2D eigenvalue weighted by atomic mass is 10.2. The minimum atomic E-state index is -0.599. The summed E-state index contributed by atoms with van der Waals surface area (Å²) in [5.74, 6) is 2.56. The van der Waals surface area contributed by atoms with Crippen molar-refractivity contribution >= 4 is 130 Å². The summed E-state index contributed by atoms with van der Waals surface area (Å²) in [7, 11) is 0. The van der Waals surface area contributed by atoms with Crippen molar-refractivity contribution in [2.24, 2.45) is 5.73 Å². The zero-order valence-electron chi connectivity index (χ0n) is 54.0. The van der Waals surface area contributed by atoms with Crippen LogP contribution in [0.3, 0.4) is 0 Å². The molecular weight excluding hydrogens is 1400 g/mol. The van der Waals surface area contributed by atoms with E-state index in [2.05, 4.69) is 90.4 Å². The Balaban J connectivity index is 0.000000153. The second-order valence-corrected chi connectivity index (χ2v) is 23.4. The van der Waals surface area contributed by atoms with Gasteiger partial charge in [-0.1, -0.05) is 64.6 Å². The summed E-state index contributed by atoms with van der Waals surface area (Å²) in [6, 6.07) is 24.3. The molecule has 12 aromatic heterocycles. The Hall–Kier alpha value is -12.4. The van der Waals surface area contributed by atoms with Crippen LogP contribution >= 0.6 is 46.4 Å². The van der Waals surface area contributed by atoms with Crippen molar-refractivity contribution in [2.45, 2.75) is 52.7 Å². The van der Waals surface area contributed by atoms with E-state index in [1.54, 1.807) is 156 Å². The number of fused-ring (bicyclic) bond motifs is 6. The predicted molar refractivity (Wildman–Crippen MR) is 389 cm³/mol. The molecule has 0 unspecified atom stereocenters. The lowest BCUT2D eigenvalue weighted by molar-refractivity contribution is 0.695. The molecule has 102 heavy (non-hydrogen) atoms. The number of nitrogen functional groups attached to an aromatic ring is 1. The fourth-order valence-electron chi connectivity index (χ4n) is 10.6. The van der Waals surface area contributed by atoms with Crippen LogP contribution < -0.4 is 61.6 Å². The van der Waals surface area contributed by atoms with Crippen LogP contribution in [0.4, 0.5) is 17.6 Å². The number of H-pyrrole nitrogens is 3. The highest BCUT2D eigenvalue weighted by Crippen LogP contribution is 2.29. The van der Waals surface area contributed by atoms with Crippen molar-refractivity contribution in [3.8, 4) is 17.1 Å². The molecule has 0 radical (unpaired) electrons. The van der Waals surface area contributed by atoms with Gasteiger partial charge in [0.1, 0.15) is 62.1 Å². The molecule has 0 aliphatic rings. The average molecular weight is 1460 g/mol. The van der Waals surface area contributed by atoms with Crippen molar-refractivity contribution < 1.29 is 5.48 Å². The maximum absolute atomic E-state index is 13.5. The first kappa shape index (κ1) is 72.4. The number of nitrogens with two attached hydrogens (primary N) is 2. The lowest BCUT2D eigenvalue weighted by Crippen LogP contribution is -2.28. The lowest BCUT2D eigenvalue weighted by Gasteiger charge is -2.20. The number of aromatic amines is 3. The summed E-state index contributed by atoms with van der Waals surface area (Å²) in [5.41, 5.74) is 13.5. The van der Waals surface area contributed by atoms with Gasteiger partial charge in [-0.25, -0.2) is 49.8 Å². The van der Waals surface area contributed by atoms with E-state index < -0.39 is 23.7 Å². The zero-order chi connectivity index (χ0) is 70.6. The molecule has 0 fully saturated rings. The van der Waals surface area contributed by atoms with Gasteiger partial charge < -0.3 is 48.7 Å². The summed E-state index contributed by atoms with van der Waals surface area (Å²) in [6.45, 7) is 8.78. The fourth-order valence-corrected chi connectivity index (χ4v) is 11.6. The number of anilines is 3. The summed E-state index contributed by atoms with van der Waals surface area (Å²) in [6.07, 6.45) is 13.4. The third-order valence-corrected chi connectivity index (χ3v) is 16.1. The van der Waals surface area contributed by atoms with Gasteiger partial charge >= 0.3 is 0 Å². The van der Waals surface area contributed by atoms with Crippen LogP contribution in [0.1, 0.15) is 68.0 Å². The second kappa shape index (κ2) is 30.8. The molecule has 0 saturated carbocycles. The van der Waals surface area contributed by atoms with Crippen LogP contribution in [-0.2, 0) is 0 Å². The minimum Gasteiger partial charge on any atom is -0.412 e. The number of aromatic nitrogens is 21. The summed E-state index contributed by atoms with van der Waals surface area (Å²) in [5, 5.41) is 9.02. The summed E-state index contributed by atoms with van der Waals surface area (Å²) >= 11 is 24.6. The first-order chi connectivity index (χ1) is 48.1. The molecule has 3 aromatic carbocycles. The summed E-state index contributed by atoms with van der Waals surface area (Å²) in [4.78, 5) is 146. The van der Waals surface area contributed by atoms with E-state index in [0.717, 1.165) is 0 Å². The maximum atomic E-state index is 13.5. The number of rotatable bonds is 10. The molecule has 15 aromatic rings. The van der Waals surface area contributed by atoms with Crippen LogP contribution in [-0.4, -0.2) is 109 Å². The Morgan fingerprint density at radius 3 is 1.18 bits per heavy atom. The average Bonchev–Trinajstić information content (AvgIpc) is 0.772. The standard InChI is InChI=1S/C22H17ClN8O2.C21H16ClN9O2.C15H13ClN4O.C7H5ClN4O.H3N.H2O/c1-11(27-19-17-18(28-12(2)29-19)25-10-26-21(17)32)20-30-15-7-3-6-14(23)16(15)22(33)31(20)13-5-4-8-24-9-13;1-10(27-17-15-16(29-21(23)30-17)25-9-26-19(15)32)18-28-13-6-2-5-12(22)14(13)20(33)31(18)11-4-3-7-24-8-11;1-9(17)14-19-12-6-2-5-11(16)13(12)15(21)20(14)10-4-3-7-18-8-10;1-3-11-5(8)4-6(12-3)9-2-10-7(4)13;;/h3-11H,1-2H3,(H2,25,26,27,28,29,32);2-10H,1H3,(H4,23,25,26,27,29,30,32);2-9H,17H2,1H3;2H,1H3,(H,9,10,11,12,13);1H3;1H2/t11-;10-;9-;;;/m000.../s1. The molecule has 37 heteroatoms. The Labute approximate surface area is 592 Å². The van der Waals surface area contributed by atoms with Gasteiger partial charge in [-0.3, -0.25) is 57.4 Å². The van der Waals surface area contributed by atoms with Gasteiger partial charge in [0.15, 0.2) is 16.9 Å². The maximum Gasteiger partial charge on any atom is 0.267 e. The molecule has 0 aliphatic carbocycles. The molecule has 33 nitrogen and oxygen atoms in total. The highest BCUT2D eigenvalue weighted by molar-refractivity contribution is 6.36. The van der Waals surface area contributed by atoms with Gasteiger partial charge in [-0.05, 0) is 107 Å². The molecule has 0 saturated heterocycles. The molecule has 3 atom stereocenters. The van der Waals surface area contributed by atoms with Crippen molar-refractivity contribution in [2.75, 3.05) is 16.4 Å². The number of aryl methyl sites for hydroxylation is 2. The number of benzene rings is 3. The molecule has 0 aliphatic heterocycles. The van der Waals surface area contributed by atoms with Crippen molar-refractivity contribution in [1.29, 1.82) is 0 Å². The van der Waals surface area contributed by atoms with Crippen molar-refractivity contribution in [3.05, 3.63) is 259 Å². The van der Waals surface area contributed by atoms with E-state index >= 15 is 0 Å². The Kier molecular flexibility index (Phi) is 21.9. The third-order valence-electron chi connectivity index (χ3n) is 14.9. The fraction of sp³-hybridized carbons (Fsp3) is 0.123. The van der Waals surface area contributed by atoms with Gasteiger partial charge in [-0.15, -0.1) is 0 Å². The van der Waals surface area contributed by atoms with Gasteiger partial charge in [0, 0.05) is 18.6 Å². The number of pyridine rings is 3.